The molecule has 2 rings (SSSR count). The fourth-order valence-corrected chi connectivity index (χ4v) is 3.66. The molecule has 1 saturated carbocycles. The highest BCUT2D eigenvalue weighted by atomic mass is 16.5. The molecule has 0 amide bonds. The van der Waals surface area contributed by atoms with Crippen LogP contribution in [-0.2, 0) is 4.74 Å². The SMILES string of the molecule is CC(C)C1CCC(NC2CCOC(C)(C)C2)CC1. The van der Waals surface area contributed by atoms with E-state index in [1.165, 1.54) is 32.1 Å². The smallest absolute Gasteiger partial charge is 0.0641 e. The van der Waals surface area contributed by atoms with Crippen LogP contribution in [0.2, 0.25) is 0 Å². The maximum absolute atomic E-state index is 5.79. The van der Waals surface area contributed by atoms with Gasteiger partial charge in [0.15, 0.2) is 0 Å². The van der Waals surface area contributed by atoms with Crippen molar-refractivity contribution in [2.75, 3.05) is 6.61 Å². The van der Waals surface area contributed by atoms with Gasteiger partial charge >= 0.3 is 0 Å². The van der Waals surface area contributed by atoms with Crippen molar-refractivity contribution in [3.05, 3.63) is 0 Å². The predicted octanol–water partition coefficient (Wildman–Crippen LogP) is 3.75. The van der Waals surface area contributed by atoms with Gasteiger partial charge in [0.1, 0.15) is 0 Å². The summed E-state index contributed by atoms with van der Waals surface area (Å²) in [5.74, 6) is 1.84. The van der Waals surface area contributed by atoms with E-state index in [0.717, 1.165) is 30.9 Å². The Morgan fingerprint density at radius 1 is 1.00 bits per heavy atom. The number of nitrogens with one attached hydrogen (secondary N) is 1. The summed E-state index contributed by atoms with van der Waals surface area (Å²) in [4.78, 5) is 0. The maximum atomic E-state index is 5.79. The van der Waals surface area contributed by atoms with Crippen LogP contribution in [0.3, 0.4) is 0 Å². The predicted molar refractivity (Wildman–Crippen MR) is 76.8 cm³/mol. The number of hydrogen-bond donors (Lipinski definition) is 1. The summed E-state index contributed by atoms with van der Waals surface area (Å²) in [6.45, 7) is 10.1. The van der Waals surface area contributed by atoms with Crippen molar-refractivity contribution < 1.29 is 4.74 Å². The van der Waals surface area contributed by atoms with Crippen LogP contribution in [0.5, 0.6) is 0 Å². The molecule has 18 heavy (non-hydrogen) atoms. The zero-order valence-corrected chi connectivity index (χ0v) is 12.7. The fourth-order valence-electron chi connectivity index (χ4n) is 3.66. The van der Waals surface area contributed by atoms with Crippen LogP contribution in [0.15, 0.2) is 0 Å². The van der Waals surface area contributed by atoms with E-state index in [0.29, 0.717) is 6.04 Å². The van der Waals surface area contributed by atoms with E-state index >= 15 is 0 Å². The Labute approximate surface area is 113 Å². The highest BCUT2D eigenvalue weighted by molar-refractivity contribution is 4.87. The zero-order valence-electron chi connectivity index (χ0n) is 12.7. The lowest BCUT2D eigenvalue weighted by molar-refractivity contribution is -0.0648. The minimum atomic E-state index is 0.0745. The van der Waals surface area contributed by atoms with Crippen LogP contribution in [0, 0.1) is 11.8 Å². The molecule has 1 N–H and O–H groups in total. The quantitative estimate of drug-likeness (QED) is 0.827. The Kier molecular flexibility index (Phi) is 4.71. The van der Waals surface area contributed by atoms with E-state index in [1.54, 1.807) is 0 Å². The Hall–Kier alpha value is -0.0800. The highest BCUT2D eigenvalue weighted by Crippen LogP contribution is 2.31. The molecule has 106 valence electrons. The molecule has 1 aliphatic heterocycles. The third kappa shape index (κ3) is 3.96. The molecule has 2 fully saturated rings. The Balaban J connectivity index is 1.74. The second-order valence-corrected chi connectivity index (χ2v) is 7.32. The summed E-state index contributed by atoms with van der Waals surface area (Å²) in [5.41, 5.74) is 0.0745. The van der Waals surface area contributed by atoms with Crippen molar-refractivity contribution in [2.24, 2.45) is 11.8 Å². The van der Waals surface area contributed by atoms with E-state index < -0.39 is 0 Å². The monoisotopic (exact) mass is 253 g/mol. The molecule has 1 unspecified atom stereocenters. The van der Waals surface area contributed by atoms with E-state index in [4.69, 9.17) is 4.74 Å². The maximum Gasteiger partial charge on any atom is 0.0641 e. The van der Waals surface area contributed by atoms with Crippen molar-refractivity contribution in [2.45, 2.75) is 83.9 Å². The molecule has 2 nitrogen and oxygen atoms in total. The lowest BCUT2D eigenvalue weighted by Gasteiger charge is -2.39. The van der Waals surface area contributed by atoms with Gasteiger partial charge in [-0.3, -0.25) is 0 Å². The summed E-state index contributed by atoms with van der Waals surface area (Å²) in [6.07, 6.45) is 7.94. The molecule has 0 aromatic heterocycles. The van der Waals surface area contributed by atoms with Crippen molar-refractivity contribution in [1.82, 2.24) is 5.32 Å². The van der Waals surface area contributed by atoms with Gasteiger partial charge in [-0.15, -0.1) is 0 Å². The van der Waals surface area contributed by atoms with Crippen LogP contribution in [0.25, 0.3) is 0 Å². The topological polar surface area (TPSA) is 21.3 Å². The number of hydrogen-bond acceptors (Lipinski definition) is 2. The molecular formula is C16H31NO. The standard InChI is InChI=1S/C16H31NO/c1-12(2)13-5-7-14(8-6-13)17-15-9-10-18-16(3,4)11-15/h12-15,17H,5-11H2,1-4H3. The van der Waals surface area contributed by atoms with Gasteiger partial charge in [-0.25, -0.2) is 0 Å². The normalized spacial score (nSPS) is 36.8. The Morgan fingerprint density at radius 3 is 2.22 bits per heavy atom. The molecule has 0 aromatic rings. The van der Waals surface area contributed by atoms with Crippen LogP contribution < -0.4 is 5.32 Å². The van der Waals surface area contributed by atoms with Gasteiger partial charge in [-0.2, -0.15) is 0 Å². The van der Waals surface area contributed by atoms with Crippen molar-refractivity contribution >= 4 is 0 Å². The average molecular weight is 253 g/mol. The third-order valence-electron chi connectivity index (χ3n) is 4.88. The van der Waals surface area contributed by atoms with Crippen LogP contribution in [0.4, 0.5) is 0 Å². The van der Waals surface area contributed by atoms with Gasteiger partial charge in [0.2, 0.25) is 0 Å². The average Bonchev–Trinajstić information content (AvgIpc) is 2.28. The molecule has 1 saturated heterocycles. The second-order valence-electron chi connectivity index (χ2n) is 7.32. The number of ether oxygens (including phenoxy) is 1. The van der Waals surface area contributed by atoms with Gasteiger partial charge in [0, 0.05) is 18.7 Å². The first kappa shape index (κ1) is 14.3. The first-order valence-corrected chi connectivity index (χ1v) is 7.86. The lowest BCUT2D eigenvalue weighted by Crippen LogP contribution is -2.48. The summed E-state index contributed by atoms with van der Waals surface area (Å²) in [6, 6.07) is 1.44. The van der Waals surface area contributed by atoms with Crippen LogP contribution in [0.1, 0.15) is 66.2 Å². The molecule has 0 bridgehead atoms. The van der Waals surface area contributed by atoms with E-state index in [2.05, 4.69) is 33.0 Å². The molecule has 1 heterocycles. The molecule has 1 aliphatic carbocycles. The van der Waals surface area contributed by atoms with Crippen molar-refractivity contribution in [1.29, 1.82) is 0 Å². The van der Waals surface area contributed by atoms with E-state index in [9.17, 15) is 0 Å². The van der Waals surface area contributed by atoms with Gasteiger partial charge in [-0.05, 0) is 64.2 Å². The van der Waals surface area contributed by atoms with Crippen LogP contribution >= 0.6 is 0 Å². The minimum absolute atomic E-state index is 0.0745. The molecule has 2 aliphatic rings. The van der Waals surface area contributed by atoms with Crippen LogP contribution in [-0.4, -0.2) is 24.3 Å². The second kappa shape index (κ2) is 5.92. The molecule has 0 aromatic carbocycles. The molecular weight excluding hydrogens is 222 g/mol. The van der Waals surface area contributed by atoms with E-state index in [-0.39, 0.29) is 5.60 Å². The minimum Gasteiger partial charge on any atom is -0.375 e. The lowest BCUT2D eigenvalue weighted by atomic mass is 9.79. The molecule has 1 atom stereocenters. The summed E-state index contributed by atoms with van der Waals surface area (Å²) in [5, 5.41) is 3.89. The van der Waals surface area contributed by atoms with Crippen molar-refractivity contribution in [3.63, 3.8) is 0 Å². The molecule has 2 heteroatoms. The highest BCUT2D eigenvalue weighted by Gasteiger charge is 2.31. The summed E-state index contributed by atoms with van der Waals surface area (Å²) in [7, 11) is 0. The largest absolute Gasteiger partial charge is 0.375 e. The number of rotatable bonds is 3. The van der Waals surface area contributed by atoms with Gasteiger partial charge in [0.05, 0.1) is 5.60 Å². The fraction of sp³-hybridized carbons (Fsp3) is 1.00. The van der Waals surface area contributed by atoms with E-state index in [1.807, 2.05) is 0 Å². The first-order valence-electron chi connectivity index (χ1n) is 7.86. The Morgan fingerprint density at radius 2 is 1.67 bits per heavy atom. The summed E-state index contributed by atoms with van der Waals surface area (Å²) >= 11 is 0. The van der Waals surface area contributed by atoms with Crippen molar-refractivity contribution in [3.8, 4) is 0 Å². The zero-order chi connectivity index (χ0) is 13.2. The third-order valence-corrected chi connectivity index (χ3v) is 4.88. The molecule has 0 spiro atoms. The van der Waals surface area contributed by atoms with Gasteiger partial charge in [0.25, 0.3) is 0 Å². The first-order chi connectivity index (χ1) is 8.46. The molecule has 0 radical (unpaired) electrons. The van der Waals surface area contributed by atoms with Gasteiger partial charge in [-0.1, -0.05) is 13.8 Å². The Bertz CT molecular complexity index is 254. The van der Waals surface area contributed by atoms with Gasteiger partial charge < -0.3 is 10.1 Å². The summed E-state index contributed by atoms with van der Waals surface area (Å²) < 4.78 is 5.79.